The van der Waals surface area contributed by atoms with Crippen LogP contribution in [0.5, 0.6) is 0 Å². The maximum absolute atomic E-state index is 3.48. The van der Waals surface area contributed by atoms with E-state index in [-0.39, 0.29) is 0 Å². The SMILES string of the molecule is CSCCCNCC(C)(C)SC. The molecule has 0 aromatic carbocycles. The molecule has 0 atom stereocenters. The van der Waals surface area contributed by atoms with Crippen molar-refractivity contribution in [2.45, 2.75) is 25.0 Å². The van der Waals surface area contributed by atoms with E-state index in [1.54, 1.807) is 0 Å². The van der Waals surface area contributed by atoms with Gasteiger partial charge in [0.25, 0.3) is 0 Å². The van der Waals surface area contributed by atoms with Crippen molar-refractivity contribution < 1.29 is 0 Å². The number of nitrogens with one attached hydrogen (secondary N) is 1. The third-order valence-corrected chi connectivity index (χ3v) is 3.75. The lowest BCUT2D eigenvalue weighted by atomic mass is 10.2. The number of rotatable bonds is 7. The van der Waals surface area contributed by atoms with Crippen LogP contribution < -0.4 is 5.32 Å². The second-order valence-electron chi connectivity index (χ2n) is 3.49. The first-order valence-electron chi connectivity index (χ1n) is 4.37. The predicted octanol–water partition coefficient (Wildman–Crippen LogP) is 2.47. The molecule has 12 heavy (non-hydrogen) atoms. The number of hydrogen-bond acceptors (Lipinski definition) is 3. The van der Waals surface area contributed by atoms with Gasteiger partial charge in [0.15, 0.2) is 0 Å². The van der Waals surface area contributed by atoms with Crippen LogP contribution in [0.2, 0.25) is 0 Å². The van der Waals surface area contributed by atoms with E-state index in [1.807, 2.05) is 23.5 Å². The third kappa shape index (κ3) is 7.32. The topological polar surface area (TPSA) is 12.0 Å². The Balaban J connectivity index is 3.19. The van der Waals surface area contributed by atoms with Gasteiger partial charge in [0.2, 0.25) is 0 Å². The van der Waals surface area contributed by atoms with Crippen LogP contribution in [-0.2, 0) is 0 Å². The molecule has 0 aliphatic heterocycles. The van der Waals surface area contributed by atoms with Gasteiger partial charge in [0, 0.05) is 11.3 Å². The summed E-state index contributed by atoms with van der Waals surface area (Å²) in [7, 11) is 0. The normalized spacial score (nSPS) is 12.0. The molecule has 74 valence electrons. The van der Waals surface area contributed by atoms with E-state index in [0.29, 0.717) is 4.75 Å². The molecule has 0 aliphatic carbocycles. The van der Waals surface area contributed by atoms with Crippen LogP contribution >= 0.6 is 23.5 Å². The van der Waals surface area contributed by atoms with Gasteiger partial charge in [-0.25, -0.2) is 0 Å². The van der Waals surface area contributed by atoms with Crippen LogP contribution in [-0.4, -0.2) is 36.1 Å². The minimum absolute atomic E-state index is 0.388. The van der Waals surface area contributed by atoms with Crippen molar-refractivity contribution in [2.75, 3.05) is 31.4 Å². The molecule has 0 heterocycles. The lowest BCUT2D eigenvalue weighted by molar-refractivity contribution is 0.588. The molecule has 0 aromatic rings. The first kappa shape index (κ1) is 12.7. The van der Waals surface area contributed by atoms with Crippen LogP contribution in [0.25, 0.3) is 0 Å². The van der Waals surface area contributed by atoms with E-state index >= 15 is 0 Å². The molecule has 0 radical (unpaired) electrons. The zero-order valence-corrected chi connectivity index (χ0v) is 10.3. The first-order chi connectivity index (χ1) is 5.62. The Labute approximate surface area is 85.5 Å². The highest BCUT2D eigenvalue weighted by Crippen LogP contribution is 2.19. The average Bonchev–Trinajstić information content (AvgIpc) is 2.04. The highest BCUT2D eigenvalue weighted by atomic mass is 32.2. The second-order valence-corrected chi connectivity index (χ2v) is 5.99. The smallest absolute Gasteiger partial charge is 0.0225 e. The standard InChI is InChI=1S/C9H21NS2/c1-9(2,12-4)8-10-6-5-7-11-3/h10H,5-8H2,1-4H3. The van der Waals surface area contributed by atoms with Crippen molar-refractivity contribution in [3.8, 4) is 0 Å². The maximum atomic E-state index is 3.48. The zero-order chi connectivity index (χ0) is 9.45. The molecule has 0 aliphatic rings. The van der Waals surface area contributed by atoms with Crippen LogP contribution in [0.15, 0.2) is 0 Å². The summed E-state index contributed by atoms with van der Waals surface area (Å²) in [5.74, 6) is 1.27. The summed E-state index contributed by atoms with van der Waals surface area (Å²) in [6, 6.07) is 0. The zero-order valence-electron chi connectivity index (χ0n) is 8.64. The van der Waals surface area contributed by atoms with Gasteiger partial charge in [-0.2, -0.15) is 23.5 Å². The lowest BCUT2D eigenvalue weighted by Crippen LogP contribution is -2.32. The molecule has 0 rings (SSSR count). The van der Waals surface area contributed by atoms with Gasteiger partial charge in [-0.05, 0) is 45.1 Å². The minimum Gasteiger partial charge on any atom is -0.315 e. The Kier molecular flexibility index (Phi) is 7.49. The molecule has 0 bridgehead atoms. The average molecular weight is 207 g/mol. The minimum atomic E-state index is 0.388. The molecule has 0 unspecified atom stereocenters. The fraction of sp³-hybridized carbons (Fsp3) is 1.00. The van der Waals surface area contributed by atoms with Crippen LogP contribution in [0, 0.1) is 0 Å². The van der Waals surface area contributed by atoms with E-state index in [1.165, 1.54) is 12.2 Å². The van der Waals surface area contributed by atoms with Crippen LogP contribution in [0.3, 0.4) is 0 Å². The van der Waals surface area contributed by atoms with Crippen molar-refractivity contribution in [1.29, 1.82) is 0 Å². The molecule has 0 saturated carbocycles. The van der Waals surface area contributed by atoms with Gasteiger partial charge in [-0.3, -0.25) is 0 Å². The molecule has 0 spiro atoms. The molecule has 3 heteroatoms. The Morgan fingerprint density at radius 3 is 2.42 bits per heavy atom. The van der Waals surface area contributed by atoms with Crippen molar-refractivity contribution >= 4 is 23.5 Å². The summed E-state index contributed by atoms with van der Waals surface area (Å²) in [5.41, 5.74) is 0. The summed E-state index contributed by atoms with van der Waals surface area (Å²) in [5, 5.41) is 3.48. The molecule has 1 nitrogen and oxygen atoms in total. The predicted molar refractivity (Wildman–Crippen MR) is 63.5 cm³/mol. The quantitative estimate of drug-likeness (QED) is 0.644. The van der Waals surface area contributed by atoms with Gasteiger partial charge in [0.1, 0.15) is 0 Å². The summed E-state index contributed by atoms with van der Waals surface area (Å²) in [6.07, 6.45) is 5.61. The molecule has 0 fully saturated rings. The largest absolute Gasteiger partial charge is 0.315 e. The van der Waals surface area contributed by atoms with E-state index in [4.69, 9.17) is 0 Å². The molecular weight excluding hydrogens is 186 g/mol. The highest BCUT2D eigenvalue weighted by molar-refractivity contribution is 8.00. The molecule has 0 aromatic heterocycles. The van der Waals surface area contributed by atoms with Crippen molar-refractivity contribution in [1.82, 2.24) is 5.32 Å². The Morgan fingerprint density at radius 1 is 1.25 bits per heavy atom. The maximum Gasteiger partial charge on any atom is 0.0225 e. The monoisotopic (exact) mass is 207 g/mol. The van der Waals surface area contributed by atoms with Gasteiger partial charge in [0.05, 0.1) is 0 Å². The fourth-order valence-electron chi connectivity index (χ4n) is 0.803. The van der Waals surface area contributed by atoms with Crippen LogP contribution in [0.4, 0.5) is 0 Å². The summed E-state index contributed by atoms with van der Waals surface area (Å²) < 4.78 is 0.388. The molecule has 0 saturated heterocycles. The molecular formula is C9H21NS2. The molecule has 1 N–H and O–H groups in total. The summed E-state index contributed by atoms with van der Waals surface area (Å²) >= 11 is 3.84. The van der Waals surface area contributed by atoms with E-state index in [2.05, 4.69) is 31.7 Å². The summed E-state index contributed by atoms with van der Waals surface area (Å²) in [6.45, 7) is 6.83. The Bertz CT molecular complexity index is 105. The highest BCUT2D eigenvalue weighted by Gasteiger charge is 2.14. The number of thioether (sulfide) groups is 2. The lowest BCUT2D eigenvalue weighted by Gasteiger charge is -2.22. The van der Waals surface area contributed by atoms with E-state index < -0.39 is 0 Å². The van der Waals surface area contributed by atoms with Crippen molar-refractivity contribution in [3.05, 3.63) is 0 Å². The van der Waals surface area contributed by atoms with E-state index in [0.717, 1.165) is 13.1 Å². The second kappa shape index (κ2) is 7.10. The van der Waals surface area contributed by atoms with Gasteiger partial charge in [-0.1, -0.05) is 0 Å². The number of hydrogen-bond donors (Lipinski definition) is 1. The van der Waals surface area contributed by atoms with Crippen molar-refractivity contribution in [2.24, 2.45) is 0 Å². The Morgan fingerprint density at radius 2 is 1.92 bits per heavy atom. The Hall–Kier alpha value is 0.660. The molecule has 0 amide bonds. The van der Waals surface area contributed by atoms with Crippen molar-refractivity contribution in [3.63, 3.8) is 0 Å². The summed E-state index contributed by atoms with van der Waals surface area (Å²) in [4.78, 5) is 0. The van der Waals surface area contributed by atoms with Crippen LogP contribution in [0.1, 0.15) is 20.3 Å². The van der Waals surface area contributed by atoms with Gasteiger partial charge < -0.3 is 5.32 Å². The third-order valence-electron chi connectivity index (χ3n) is 1.81. The van der Waals surface area contributed by atoms with Gasteiger partial charge in [-0.15, -0.1) is 0 Å². The fourth-order valence-corrected chi connectivity index (χ4v) is 1.48. The first-order valence-corrected chi connectivity index (χ1v) is 6.99. The van der Waals surface area contributed by atoms with Gasteiger partial charge >= 0.3 is 0 Å². The van der Waals surface area contributed by atoms with E-state index in [9.17, 15) is 0 Å².